The van der Waals surface area contributed by atoms with Gasteiger partial charge in [-0.3, -0.25) is 0 Å². The summed E-state index contributed by atoms with van der Waals surface area (Å²) in [5.74, 6) is 1.39. The van der Waals surface area contributed by atoms with Gasteiger partial charge in [0.25, 0.3) is 0 Å². The number of allylic oxidation sites excluding steroid dienone is 6. The zero-order valence-corrected chi connectivity index (χ0v) is 29.4. The van der Waals surface area contributed by atoms with Crippen LogP contribution in [0.15, 0.2) is 47.6 Å². The highest BCUT2D eigenvalue weighted by atomic mass is 14.8. The van der Waals surface area contributed by atoms with Crippen LogP contribution in [0.25, 0.3) is 0 Å². The lowest BCUT2D eigenvalue weighted by Gasteiger charge is -2.68. The first kappa shape index (κ1) is 31.9. The van der Waals surface area contributed by atoms with Crippen LogP contribution in [-0.2, 0) is 0 Å². The predicted molar refractivity (Wildman–Crippen MR) is 177 cm³/mol. The Bertz CT molecular complexity index is 1140. The summed E-state index contributed by atoms with van der Waals surface area (Å²) in [6, 6.07) is 0. The molecular weight excluding hydrogens is 480 g/mol. The zero-order chi connectivity index (χ0) is 30.5. The minimum atomic E-state index is 0.0586. The van der Waals surface area contributed by atoms with Gasteiger partial charge >= 0.3 is 0 Å². The van der Waals surface area contributed by atoms with Crippen molar-refractivity contribution in [1.29, 1.82) is 0 Å². The van der Waals surface area contributed by atoms with E-state index in [0.717, 1.165) is 25.2 Å². The summed E-state index contributed by atoms with van der Waals surface area (Å²) >= 11 is 0. The van der Waals surface area contributed by atoms with Gasteiger partial charge < -0.3 is 0 Å². The Labute approximate surface area is 250 Å². The molecule has 4 aliphatic rings. The summed E-state index contributed by atoms with van der Waals surface area (Å²) in [5, 5.41) is 0. The summed E-state index contributed by atoms with van der Waals surface area (Å²) in [6.45, 7) is 44.9. The van der Waals surface area contributed by atoms with Gasteiger partial charge in [-0.25, -0.2) is 0 Å². The third kappa shape index (κ3) is 3.62. The molecule has 0 saturated heterocycles. The Kier molecular flexibility index (Phi) is 7.36. The van der Waals surface area contributed by atoms with Crippen LogP contribution in [0.3, 0.4) is 0 Å². The largest absolute Gasteiger partial charge is 0.0993 e. The lowest BCUT2D eigenvalue weighted by molar-refractivity contribution is -0.114. The van der Waals surface area contributed by atoms with E-state index in [1.807, 2.05) is 0 Å². The standard InChI is InChI=1S/C40H66/c1-17-27(2)35(11,22-18-28(3)33(6,7)8)40(16)30(5)26-37(13)32-20-24-38(14)34(9,10)29(4)19-23-36(38,12)31(32)21-25-39(37,40)15/h20-21,29-30H,2-3,17-19,22-26H2,1,4-16H3/t29-,30-,35+,36-,37+,38+,39+,40-/m1/s1. The van der Waals surface area contributed by atoms with Gasteiger partial charge in [0, 0.05) is 0 Å². The number of rotatable bonds is 6. The smallest absolute Gasteiger partial charge is 0.00105 e. The van der Waals surface area contributed by atoms with Gasteiger partial charge in [0.15, 0.2) is 0 Å². The molecule has 226 valence electrons. The molecular formula is C40H66. The highest BCUT2D eigenvalue weighted by Gasteiger charge is 2.73. The Morgan fingerprint density at radius 3 is 1.85 bits per heavy atom. The molecule has 0 heterocycles. The Morgan fingerprint density at radius 2 is 1.32 bits per heavy atom. The first-order valence-corrected chi connectivity index (χ1v) is 16.8. The fourth-order valence-corrected chi connectivity index (χ4v) is 11.3. The number of hydrogen-bond donors (Lipinski definition) is 0. The summed E-state index contributed by atoms with van der Waals surface area (Å²) in [4.78, 5) is 0. The second-order valence-electron chi connectivity index (χ2n) is 18.1. The molecule has 4 rings (SSSR count). The van der Waals surface area contributed by atoms with Gasteiger partial charge in [0.1, 0.15) is 0 Å². The lowest BCUT2D eigenvalue weighted by Crippen LogP contribution is -2.60. The van der Waals surface area contributed by atoms with Crippen molar-refractivity contribution in [3.05, 3.63) is 47.6 Å². The van der Waals surface area contributed by atoms with Crippen molar-refractivity contribution in [3.63, 3.8) is 0 Å². The molecule has 0 aromatic rings. The van der Waals surface area contributed by atoms with E-state index >= 15 is 0 Å². The monoisotopic (exact) mass is 547 g/mol. The van der Waals surface area contributed by atoms with E-state index in [1.54, 1.807) is 11.1 Å². The van der Waals surface area contributed by atoms with E-state index in [1.165, 1.54) is 43.3 Å². The molecule has 8 atom stereocenters. The van der Waals surface area contributed by atoms with Crippen LogP contribution in [0.1, 0.15) is 148 Å². The van der Waals surface area contributed by atoms with Crippen molar-refractivity contribution in [1.82, 2.24) is 0 Å². The van der Waals surface area contributed by atoms with Crippen LogP contribution < -0.4 is 0 Å². The summed E-state index contributed by atoms with van der Waals surface area (Å²) in [5.41, 5.74) is 7.87. The molecule has 0 bridgehead atoms. The molecule has 0 aromatic heterocycles. The van der Waals surface area contributed by atoms with Crippen LogP contribution >= 0.6 is 0 Å². The van der Waals surface area contributed by atoms with Gasteiger partial charge in [-0.1, -0.05) is 133 Å². The Morgan fingerprint density at radius 1 is 0.800 bits per heavy atom. The average Bonchev–Trinajstić information content (AvgIpc) is 3.03. The highest BCUT2D eigenvalue weighted by Crippen LogP contribution is 2.81. The maximum Gasteiger partial charge on any atom is -0.00105 e. The Balaban J connectivity index is 1.86. The summed E-state index contributed by atoms with van der Waals surface area (Å²) in [7, 11) is 0. The van der Waals surface area contributed by atoms with Crippen molar-refractivity contribution >= 4 is 0 Å². The van der Waals surface area contributed by atoms with Crippen LogP contribution in [0.4, 0.5) is 0 Å². The topological polar surface area (TPSA) is 0 Å². The third-order valence-corrected chi connectivity index (χ3v) is 16.3. The lowest BCUT2D eigenvalue weighted by atomic mass is 9.36. The molecule has 0 unspecified atom stereocenters. The molecule has 0 N–H and O–H groups in total. The van der Waals surface area contributed by atoms with Gasteiger partial charge in [-0.05, 0) is 118 Å². The minimum absolute atomic E-state index is 0.0586. The molecule has 0 nitrogen and oxygen atoms in total. The van der Waals surface area contributed by atoms with Crippen LogP contribution in [0.2, 0.25) is 0 Å². The first-order valence-electron chi connectivity index (χ1n) is 16.8. The second kappa shape index (κ2) is 9.23. The fraction of sp³-hybridized carbons (Fsp3) is 0.800. The second-order valence-corrected chi connectivity index (χ2v) is 18.1. The van der Waals surface area contributed by atoms with E-state index in [0.29, 0.717) is 16.7 Å². The van der Waals surface area contributed by atoms with Gasteiger partial charge in [-0.2, -0.15) is 0 Å². The number of fused-ring (bicyclic) bond motifs is 5. The summed E-state index contributed by atoms with van der Waals surface area (Å²) < 4.78 is 0. The molecule has 0 aliphatic heterocycles. The maximum atomic E-state index is 4.82. The predicted octanol–water partition coefficient (Wildman–Crippen LogP) is 12.5. The van der Waals surface area contributed by atoms with E-state index in [4.69, 9.17) is 6.58 Å². The molecule has 0 spiro atoms. The van der Waals surface area contributed by atoms with Gasteiger partial charge in [0.05, 0.1) is 0 Å². The van der Waals surface area contributed by atoms with Gasteiger partial charge in [-0.15, -0.1) is 0 Å². The minimum Gasteiger partial charge on any atom is -0.0993 e. The quantitative estimate of drug-likeness (QED) is 0.291. The van der Waals surface area contributed by atoms with Crippen molar-refractivity contribution in [2.75, 3.05) is 0 Å². The van der Waals surface area contributed by atoms with E-state index in [9.17, 15) is 0 Å². The molecule has 0 heteroatoms. The molecule has 0 radical (unpaired) electrons. The molecule has 2 fully saturated rings. The van der Waals surface area contributed by atoms with E-state index in [2.05, 4.69) is 116 Å². The van der Waals surface area contributed by atoms with Gasteiger partial charge in [0.2, 0.25) is 0 Å². The average molecular weight is 547 g/mol. The fourth-order valence-electron chi connectivity index (χ4n) is 11.3. The van der Waals surface area contributed by atoms with Crippen LogP contribution in [0, 0.1) is 55.2 Å². The van der Waals surface area contributed by atoms with Crippen LogP contribution in [0.5, 0.6) is 0 Å². The SMILES string of the molecule is C=C(CC[C@@](C)(C(=C)CC)[C@@]1(C)[C@H](C)C[C@@]2(C)C3=CC[C@@]4(C)C(C)(C)[C@H](C)CC[C@]4(C)C3=CC[C@]12C)C(C)(C)C. The van der Waals surface area contributed by atoms with E-state index < -0.39 is 0 Å². The van der Waals surface area contributed by atoms with Crippen molar-refractivity contribution < 1.29 is 0 Å². The molecule has 0 aromatic carbocycles. The first-order chi connectivity index (χ1) is 18.0. The number of hydrogen-bond acceptors (Lipinski definition) is 0. The van der Waals surface area contributed by atoms with Crippen LogP contribution in [-0.4, -0.2) is 0 Å². The highest BCUT2D eigenvalue weighted by molar-refractivity contribution is 5.52. The molecule has 4 aliphatic carbocycles. The Hall–Kier alpha value is -1.04. The molecule has 0 amide bonds. The van der Waals surface area contributed by atoms with E-state index in [-0.39, 0.29) is 32.5 Å². The van der Waals surface area contributed by atoms with Crippen molar-refractivity contribution in [2.24, 2.45) is 55.2 Å². The summed E-state index contributed by atoms with van der Waals surface area (Å²) in [6.07, 6.45) is 15.2. The molecule has 2 saturated carbocycles. The normalized spacial score (nSPS) is 44.0. The van der Waals surface area contributed by atoms with Crippen molar-refractivity contribution in [2.45, 2.75) is 148 Å². The van der Waals surface area contributed by atoms with Crippen molar-refractivity contribution in [3.8, 4) is 0 Å². The zero-order valence-electron chi connectivity index (χ0n) is 29.4. The maximum absolute atomic E-state index is 4.82. The third-order valence-electron chi connectivity index (χ3n) is 16.3. The molecule has 40 heavy (non-hydrogen) atoms.